The molecule has 2 rings (SSSR count). The lowest BCUT2D eigenvalue weighted by atomic mass is 10.0. The molecule has 0 bridgehead atoms. The normalized spacial score (nSPS) is 11.1. The van der Waals surface area contributed by atoms with Gasteiger partial charge in [0, 0.05) is 19.3 Å². The highest BCUT2D eigenvalue weighted by Crippen LogP contribution is 2.25. The minimum atomic E-state index is -1.34. The van der Waals surface area contributed by atoms with Crippen molar-refractivity contribution in [1.82, 2.24) is 5.32 Å². The van der Waals surface area contributed by atoms with E-state index in [4.69, 9.17) is 4.74 Å². The van der Waals surface area contributed by atoms with E-state index in [1.807, 2.05) is 48.5 Å². The molecule has 6 nitrogen and oxygen atoms in total. The predicted octanol–water partition coefficient (Wildman–Crippen LogP) is 3.82. The molecule has 0 unspecified atom stereocenters. The van der Waals surface area contributed by atoms with Gasteiger partial charge in [-0.1, -0.05) is 56.2 Å². The van der Waals surface area contributed by atoms with Gasteiger partial charge in [-0.2, -0.15) is 0 Å². The van der Waals surface area contributed by atoms with Crippen molar-refractivity contribution in [2.24, 2.45) is 0 Å². The summed E-state index contributed by atoms with van der Waals surface area (Å²) < 4.78 is 5.08. The molecule has 2 amide bonds. The number of aliphatic carboxylic acids is 1. The molecule has 2 aromatic carbocycles. The van der Waals surface area contributed by atoms with Crippen LogP contribution < -0.4 is 15.3 Å². The molecule has 30 heavy (non-hydrogen) atoms. The molecular weight excluding hydrogens is 380 g/mol. The SMILES string of the molecule is CCCCCNC(=O)N(C)c1cccc(-c2ccc(/C=C(\OCC)C(=O)[O-])cc2)c1. The van der Waals surface area contributed by atoms with Gasteiger partial charge in [-0.25, -0.2) is 4.79 Å². The zero-order valence-electron chi connectivity index (χ0n) is 17.8. The summed E-state index contributed by atoms with van der Waals surface area (Å²) in [6.07, 6.45) is 4.62. The number of ether oxygens (including phenoxy) is 1. The number of hydrogen-bond donors (Lipinski definition) is 1. The molecule has 0 radical (unpaired) electrons. The molecule has 0 aliphatic heterocycles. The fourth-order valence-electron chi connectivity index (χ4n) is 2.94. The van der Waals surface area contributed by atoms with Crippen molar-refractivity contribution in [2.45, 2.75) is 33.1 Å². The molecule has 0 spiro atoms. The van der Waals surface area contributed by atoms with E-state index in [9.17, 15) is 14.7 Å². The van der Waals surface area contributed by atoms with Crippen LogP contribution in [-0.2, 0) is 9.53 Å². The maximum atomic E-state index is 12.4. The Morgan fingerprint density at radius 2 is 1.80 bits per heavy atom. The monoisotopic (exact) mass is 409 g/mol. The smallest absolute Gasteiger partial charge is 0.321 e. The van der Waals surface area contributed by atoms with Crippen LogP contribution in [0.5, 0.6) is 0 Å². The van der Waals surface area contributed by atoms with Gasteiger partial charge >= 0.3 is 6.03 Å². The van der Waals surface area contributed by atoms with Crippen molar-refractivity contribution in [3.8, 4) is 11.1 Å². The van der Waals surface area contributed by atoms with E-state index in [-0.39, 0.29) is 18.4 Å². The number of carbonyl (C=O) groups excluding carboxylic acids is 2. The number of carboxylic acids is 1. The Bertz CT molecular complexity index is 875. The van der Waals surface area contributed by atoms with E-state index >= 15 is 0 Å². The molecule has 0 fully saturated rings. The highest BCUT2D eigenvalue weighted by molar-refractivity contribution is 5.92. The summed E-state index contributed by atoms with van der Waals surface area (Å²) in [5, 5.41) is 14.0. The van der Waals surface area contributed by atoms with Crippen LogP contribution in [0.15, 0.2) is 54.3 Å². The van der Waals surface area contributed by atoms with E-state index < -0.39 is 5.97 Å². The predicted molar refractivity (Wildman–Crippen MR) is 118 cm³/mol. The molecule has 1 N–H and O–H groups in total. The van der Waals surface area contributed by atoms with Crippen LogP contribution in [0.2, 0.25) is 0 Å². The summed E-state index contributed by atoms with van der Waals surface area (Å²) in [6, 6.07) is 15.0. The van der Waals surface area contributed by atoms with Crippen LogP contribution in [0.4, 0.5) is 10.5 Å². The topological polar surface area (TPSA) is 81.7 Å². The highest BCUT2D eigenvalue weighted by atomic mass is 16.5. The zero-order valence-corrected chi connectivity index (χ0v) is 17.8. The number of amides is 2. The van der Waals surface area contributed by atoms with Gasteiger partial charge in [-0.3, -0.25) is 4.90 Å². The number of anilines is 1. The molecule has 0 aliphatic carbocycles. The molecule has 0 heterocycles. The molecule has 0 aromatic heterocycles. The lowest BCUT2D eigenvalue weighted by Crippen LogP contribution is -2.37. The van der Waals surface area contributed by atoms with Crippen molar-refractivity contribution >= 4 is 23.8 Å². The Kier molecular flexibility index (Phi) is 8.94. The Labute approximate surface area is 178 Å². The number of nitrogens with zero attached hydrogens (tertiary/aromatic N) is 1. The van der Waals surface area contributed by atoms with E-state index in [0.29, 0.717) is 12.1 Å². The van der Waals surface area contributed by atoms with Crippen LogP contribution in [0, 0.1) is 0 Å². The number of rotatable bonds is 10. The number of hydrogen-bond acceptors (Lipinski definition) is 4. The van der Waals surface area contributed by atoms with Gasteiger partial charge in [0.2, 0.25) is 0 Å². The Morgan fingerprint density at radius 3 is 2.43 bits per heavy atom. The quantitative estimate of drug-likeness (QED) is 0.367. The minimum Gasteiger partial charge on any atom is -0.542 e. The molecule has 160 valence electrons. The van der Waals surface area contributed by atoms with Crippen LogP contribution in [0.25, 0.3) is 17.2 Å². The summed E-state index contributed by atoms with van der Waals surface area (Å²) in [6.45, 7) is 4.77. The third-order valence-electron chi connectivity index (χ3n) is 4.64. The lowest BCUT2D eigenvalue weighted by molar-refractivity contribution is -0.303. The lowest BCUT2D eigenvalue weighted by Gasteiger charge is -2.19. The summed E-state index contributed by atoms with van der Waals surface area (Å²) in [4.78, 5) is 25.0. The zero-order chi connectivity index (χ0) is 21.9. The largest absolute Gasteiger partial charge is 0.542 e. The summed E-state index contributed by atoms with van der Waals surface area (Å²) in [5.74, 6) is -1.54. The standard InChI is InChI=1S/C24H30N2O4/c1-4-6-7-15-25-24(29)26(3)21-10-8-9-20(17-21)19-13-11-18(12-14-19)16-22(23(27)28)30-5-2/h8-14,16-17H,4-7,15H2,1-3H3,(H,25,29)(H,27,28)/p-1/b22-16-. The number of carbonyl (C=O) groups is 2. The summed E-state index contributed by atoms with van der Waals surface area (Å²) in [5.41, 5.74) is 3.40. The van der Waals surface area contributed by atoms with Crippen molar-refractivity contribution in [1.29, 1.82) is 0 Å². The third kappa shape index (κ3) is 6.65. The first-order valence-electron chi connectivity index (χ1n) is 10.2. The van der Waals surface area contributed by atoms with Gasteiger partial charge < -0.3 is 20.0 Å². The van der Waals surface area contributed by atoms with Crippen LogP contribution in [0.3, 0.4) is 0 Å². The van der Waals surface area contributed by atoms with Crippen molar-refractivity contribution in [2.75, 3.05) is 25.1 Å². The Morgan fingerprint density at radius 1 is 1.07 bits per heavy atom. The van der Waals surface area contributed by atoms with Gasteiger partial charge in [0.05, 0.1) is 6.61 Å². The van der Waals surface area contributed by atoms with Crippen molar-refractivity contribution < 1.29 is 19.4 Å². The molecule has 0 saturated carbocycles. The maximum absolute atomic E-state index is 12.4. The minimum absolute atomic E-state index is 0.130. The second kappa shape index (κ2) is 11.7. The fraction of sp³-hybridized carbons (Fsp3) is 0.333. The van der Waals surface area contributed by atoms with Crippen LogP contribution in [-0.4, -0.2) is 32.2 Å². The maximum Gasteiger partial charge on any atom is 0.321 e. The van der Waals surface area contributed by atoms with Gasteiger partial charge in [0.1, 0.15) is 11.7 Å². The molecule has 0 aliphatic rings. The third-order valence-corrected chi connectivity index (χ3v) is 4.64. The van der Waals surface area contributed by atoms with Gasteiger partial charge in [-0.05, 0) is 48.2 Å². The number of urea groups is 1. The number of nitrogens with one attached hydrogen (secondary N) is 1. The average molecular weight is 410 g/mol. The molecule has 0 atom stereocenters. The van der Waals surface area contributed by atoms with Crippen LogP contribution in [0.1, 0.15) is 38.7 Å². The first kappa shape index (κ1) is 23.0. The molecule has 6 heteroatoms. The van der Waals surface area contributed by atoms with Gasteiger partial charge in [-0.15, -0.1) is 0 Å². The highest BCUT2D eigenvalue weighted by Gasteiger charge is 2.11. The second-order valence-corrected chi connectivity index (χ2v) is 6.90. The number of unbranched alkanes of at least 4 members (excludes halogenated alkanes) is 2. The van der Waals surface area contributed by atoms with E-state index in [1.54, 1.807) is 18.9 Å². The summed E-state index contributed by atoms with van der Waals surface area (Å²) in [7, 11) is 1.75. The van der Waals surface area contributed by atoms with Gasteiger partial charge in [0.15, 0.2) is 0 Å². The molecule has 2 aromatic rings. The molecular formula is C24H29N2O4-. The number of carboxylic acid groups (broad SMARTS) is 1. The first-order valence-corrected chi connectivity index (χ1v) is 10.2. The van der Waals surface area contributed by atoms with Crippen molar-refractivity contribution in [3.05, 3.63) is 59.9 Å². The Balaban J connectivity index is 2.12. The number of benzene rings is 2. The molecule has 0 saturated heterocycles. The fourth-order valence-corrected chi connectivity index (χ4v) is 2.94. The van der Waals surface area contributed by atoms with E-state index in [2.05, 4.69) is 12.2 Å². The van der Waals surface area contributed by atoms with Gasteiger partial charge in [0.25, 0.3) is 0 Å². The van der Waals surface area contributed by atoms with E-state index in [0.717, 1.165) is 36.1 Å². The van der Waals surface area contributed by atoms with Crippen molar-refractivity contribution in [3.63, 3.8) is 0 Å². The van der Waals surface area contributed by atoms with Crippen LogP contribution >= 0.6 is 0 Å². The second-order valence-electron chi connectivity index (χ2n) is 6.90. The Hall–Kier alpha value is -3.28. The summed E-state index contributed by atoms with van der Waals surface area (Å²) >= 11 is 0. The first-order chi connectivity index (χ1) is 14.5. The van der Waals surface area contributed by atoms with E-state index in [1.165, 1.54) is 6.08 Å². The average Bonchev–Trinajstić information content (AvgIpc) is 2.76.